The normalized spacial score (nSPS) is 10.9. The van der Waals surface area contributed by atoms with Crippen LogP contribution < -0.4 is 5.73 Å². The first-order valence-corrected chi connectivity index (χ1v) is 6.03. The molecule has 0 radical (unpaired) electrons. The summed E-state index contributed by atoms with van der Waals surface area (Å²) in [5.74, 6) is 0.402. The SMILES string of the molecule is Nc1ncnc2c1ncn2-c1ccc(I)cc1. The van der Waals surface area contributed by atoms with Crippen LogP contribution in [-0.4, -0.2) is 19.5 Å². The van der Waals surface area contributed by atoms with E-state index in [2.05, 4.69) is 37.5 Å². The number of aromatic nitrogens is 4. The number of imidazole rings is 1. The largest absolute Gasteiger partial charge is 0.382 e. The third-order valence-electron chi connectivity index (χ3n) is 2.47. The van der Waals surface area contributed by atoms with Crippen LogP contribution in [0.4, 0.5) is 5.82 Å². The molecule has 0 saturated heterocycles. The lowest BCUT2D eigenvalue weighted by molar-refractivity contribution is 1.06. The highest BCUT2D eigenvalue weighted by Gasteiger charge is 2.08. The van der Waals surface area contributed by atoms with E-state index in [4.69, 9.17) is 5.73 Å². The van der Waals surface area contributed by atoms with Crippen molar-refractivity contribution in [3.05, 3.63) is 40.5 Å². The predicted molar refractivity (Wildman–Crippen MR) is 73.8 cm³/mol. The molecule has 84 valence electrons. The molecule has 0 amide bonds. The Kier molecular flexibility index (Phi) is 2.43. The lowest BCUT2D eigenvalue weighted by atomic mass is 10.3. The van der Waals surface area contributed by atoms with Crippen LogP contribution >= 0.6 is 22.6 Å². The molecule has 0 spiro atoms. The molecule has 6 heteroatoms. The van der Waals surface area contributed by atoms with Crippen molar-refractivity contribution in [1.82, 2.24) is 19.5 Å². The van der Waals surface area contributed by atoms with Gasteiger partial charge in [0.25, 0.3) is 0 Å². The third-order valence-corrected chi connectivity index (χ3v) is 3.19. The Hall–Kier alpha value is -1.70. The average molecular weight is 337 g/mol. The summed E-state index contributed by atoms with van der Waals surface area (Å²) in [4.78, 5) is 12.4. The molecule has 0 saturated carbocycles. The summed E-state index contributed by atoms with van der Waals surface area (Å²) in [7, 11) is 0. The van der Waals surface area contributed by atoms with E-state index in [1.54, 1.807) is 6.33 Å². The van der Waals surface area contributed by atoms with Gasteiger partial charge < -0.3 is 5.73 Å². The van der Waals surface area contributed by atoms with E-state index < -0.39 is 0 Å². The standard InChI is InChI=1S/C11H8IN5/c12-7-1-3-8(4-2-7)17-6-16-9-10(13)14-5-15-11(9)17/h1-6H,(H2,13,14,15). The molecule has 0 fully saturated rings. The molecule has 0 atom stereocenters. The summed E-state index contributed by atoms with van der Waals surface area (Å²) in [6.07, 6.45) is 3.15. The van der Waals surface area contributed by atoms with Gasteiger partial charge in [0.2, 0.25) is 0 Å². The average Bonchev–Trinajstić information content (AvgIpc) is 2.75. The van der Waals surface area contributed by atoms with Crippen LogP contribution in [0.15, 0.2) is 36.9 Å². The fourth-order valence-corrected chi connectivity index (χ4v) is 2.00. The molecule has 17 heavy (non-hydrogen) atoms. The van der Waals surface area contributed by atoms with Gasteiger partial charge in [0.05, 0.1) is 0 Å². The van der Waals surface area contributed by atoms with Crippen LogP contribution in [0.1, 0.15) is 0 Å². The quantitative estimate of drug-likeness (QED) is 0.690. The molecule has 1 aromatic carbocycles. The third kappa shape index (κ3) is 1.74. The summed E-state index contributed by atoms with van der Waals surface area (Å²) < 4.78 is 3.08. The van der Waals surface area contributed by atoms with Crippen LogP contribution in [0.2, 0.25) is 0 Å². The minimum absolute atomic E-state index is 0.402. The maximum atomic E-state index is 5.74. The molecule has 0 bridgehead atoms. The van der Waals surface area contributed by atoms with Crippen LogP contribution in [-0.2, 0) is 0 Å². The van der Waals surface area contributed by atoms with Crippen molar-refractivity contribution < 1.29 is 0 Å². The smallest absolute Gasteiger partial charge is 0.170 e. The van der Waals surface area contributed by atoms with Gasteiger partial charge in [-0.2, -0.15) is 0 Å². The molecular formula is C11H8IN5. The second-order valence-electron chi connectivity index (χ2n) is 3.52. The maximum Gasteiger partial charge on any atom is 0.170 e. The fourth-order valence-electron chi connectivity index (χ4n) is 1.64. The van der Waals surface area contributed by atoms with E-state index in [-0.39, 0.29) is 0 Å². The van der Waals surface area contributed by atoms with Gasteiger partial charge in [-0.3, -0.25) is 4.57 Å². The van der Waals surface area contributed by atoms with Crippen molar-refractivity contribution in [2.24, 2.45) is 0 Å². The number of nitrogens with zero attached hydrogens (tertiary/aromatic N) is 4. The number of fused-ring (bicyclic) bond motifs is 1. The number of nitrogen functional groups attached to an aromatic ring is 1. The van der Waals surface area contributed by atoms with Gasteiger partial charge in [-0.15, -0.1) is 0 Å². The topological polar surface area (TPSA) is 69.6 Å². The summed E-state index contributed by atoms with van der Waals surface area (Å²) in [5, 5.41) is 0. The van der Waals surface area contributed by atoms with Crippen LogP contribution in [0, 0.1) is 3.57 Å². The summed E-state index contributed by atoms with van der Waals surface area (Å²) >= 11 is 2.27. The number of halogens is 1. The molecule has 3 rings (SSSR count). The highest BCUT2D eigenvalue weighted by Crippen LogP contribution is 2.19. The highest BCUT2D eigenvalue weighted by atomic mass is 127. The molecule has 5 nitrogen and oxygen atoms in total. The summed E-state index contributed by atoms with van der Waals surface area (Å²) in [6.45, 7) is 0. The van der Waals surface area contributed by atoms with Crippen LogP contribution in [0.3, 0.4) is 0 Å². The van der Waals surface area contributed by atoms with Gasteiger partial charge in [-0.1, -0.05) is 0 Å². The number of rotatable bonds is 1. The molecular weight excluding hydrogens is 329 g/mol. The van der Waals surface area contributed by atoms with E-state index in [1.165, 1.54) is 9.90 Å². The van der Waals surface area contributed by atoms with Crippen molar-refractivity contribution in [3.8, 4) is 5.69 Å². The Morgan fingerprint density at radius 1 is 1.06 bits per heavy atom. The number of hydrogen-bond donors (Lipinski definition) is 1. The van der Waals surface area contributed by atoms with Gasteiger partial charge in [0.1, 0.15) is 12.7 Å². The molecule has 0 aliphatic heterocycles. The fraction of sp³-hybridized carbons (Fsp3) is 0. The zero-order valence-corrected chi connectivity index (χ0v) is 10.9. The number of anilines is 1. The maximum absolute atomic E-state index is 5.74. The molecule has 2 N–H and O–H groups in total. The minimum Gasteiger partial charge on any atom is -0.382 e. The van der Waals surface area contributed by atoms with Gasteiger partial charge in [0, 0.05) is 9.26 Å². The van der Waals surface area contributed by atoms with Gasteiger partial charge >= 0.3 is 0 Å². The van der Waals surface area contributed by atoms with Crippen molar-refractivity contribution in [1.29, 1.82) is 0 Å². The Balaban J connectivity index is 2.24. The van der Waals surface area contributed by atoms with Gasteiger partial charge in [0.15, 0.2) is 17.0 Å². The van der Waals surface area contributed by atoms with E-state index in [0.717, 1.165) is 11.3 Å². The molecule has 2 aromatic heterocycles. The summed E-state index contributed by atoms with van der Waals surface area (Å²) in [5.41, 5.74) is 8.10. The Morgan fingerprint density at radius 3 is 2.59 bits per heavy atom. The second kappa shape index (κ2) is 3.95. The molecule has 3 aromatic rings. The van der Waals surface area contributed by atoms with Gasteiger partial charge in [-0.05, 0) is 46.9 Å². The molecule has 0 unspecified atom stereocenters. The summed E-state index contributed by atoms with van der Waals surface area (Å²) in [6, 6.07) is 8.10. The monoisotopic (exact) mass is 337 g/mol. The zero-order valence-electron chi connectivity index (χ0n) is 8.71. The van der Waals surface area contributed by atoms with E-state index in [9.17, 15) is 0 Å². The predicted octanol–water partition coefficient (Wildman–Crippen LogP) is 2.00. The minimum atomic E-state index is 0.402. The van der Waals surface area contributed by atoms with Crippen LogP contribution in [0.5, 0.6) is 0 Å². The zero-order chi connectivity index (χ0) is 11.8. The van der Waals surface area contributed by atoms with E-state index in [1.807, 2.05) is 28.8 Å². The van der Waals surface area contributed by atoms with E-state index >= 15 is 0 Å². The molecule has 0 aliphatic carbocycles. The van der Waals surface area contributed by atoms with Crippen molar-refractivity contribution in [3.63, 3.8) is 0 Å². The highest BCUT2D eigenvalue weighted by molar-refractivity contribution is 14.1. The first kappa shape index (κ1) is 10.5. The second-order valence-corrected chi connectivity index (χ2v) is 4.77. The van der Waals surface area contributed by atoms with E-state index in [0.29, 0.717) is 11.3 Å². The molecule has 2 heterocycles. The number of nitrogens with two attached hydrogens (primary N) is 1. The van der Waals surface area contributed by atoms with Crippen molar-refractivity contribution in [2.75, 3.05) is 5.73 Å². The lowest BCUT2D eigenvalue weighted by Crippen LogP contribution is -1.96. The van der Waals surface area contributed by atoms with Crippen molar-refractivity contribution >= 4 is 39.6 Å². The Bertz CT molecular complexity index is 674. The van der Waals surface area contributed by atoms with Crippen LogP contribution in [0.25, 0.3) is 16.9 Å². The Morgan fingerprint density at radius 2 is 1.82 bits per heavy atom. The molecule has 0 aliphatic rings. The van der Waals surface area contributed by atoms with Gasteiger partial charge in [-0.25, -0.2) is 15.0 Å². The first-order chi connectivity index (χ1) is 8.25. The van der Waals surface area contributed by atoms with Crippen molar-refractivity contribution in [2.45, 2.75) is 0 Å². The number of benzene rings is 1. The number of hydrogen-bond acceptors (Lipinski definition) is 4. The first-order valence-electron chi connectivity index (χ1n) is 4.95. The Labute approximate surface area is 111 Å². The lowest BCUT2D eigenvalue weighted by Gasteiger charge is -2.03.